The average Bonchev–Trinajstić information content (AvgIpc) is 2.99. The van der Waals surface area contributed by atoms with Gasteiger partial charge < -0.3 is 24.6 Å². The van der Waals surface area contributed by atoms with Gasteiger partial charge in [-0.3, -0.25) is 4.79 Å². The predicted molar refractivity (Wildman–Crippen MR) is 174 cm³/mol. The second kappa shape index (κ2) is 14.1. The van der Waals surface area contributed by atoms with E-state index in [1.807, 2.05) is 30.3 Å². The molecule has 0 radical (unpaired) electrons. The molecule has 3 atom stereocenters. The van der Waals surface area contributed by atoms with Crippen LogP contribution in [0.4, 0.5) is 20.2 Å². The van der Waals surface area contributed by atoms with Gasteiger partial charge in [0.2, 0.25) is 5.91 Å². The second-order valence-corrected chi connectivity index (χ2v) is 13.3. The second-order valence-electron chi connectivity index (χ2n) is 13.3. The number of carbonyl (C=O) groups excluding carboxylic acids is 4. The largest absolute Gasteiger partial charge is 0.478 e. The molecule has 1 aromatic heterocycles. The molecule has 0 saturated carbocycles. The number of carboxylic acids is 1. The fourth-order valence-electron chi connectivity index (χ4n) is 4.80. The Bertz CT molecular complexity index is 1640. The van der Waals surface area contributed by atoms with Crippen LogP contribution < -0.4 is 15.0 Å². The van der Waals surface area contributed by atoms with E-state index in [4.69, 9.17) is 14.2 Å². The van der Waals surface area contributed by atoms with Crippen molar-refractivity contribution in [2.45, 2.75) is 78.4 Å². The highest BCUT2D eigenvalue weighted by Gasteiger charge is 2.53. The number of ether oxygens (including phenoxy) is 3. The van der Waals surface area contributed by atoms with Crippen LogP contribution in [0.1, 0.15) is 76.0 Å². The number of benzene rings is 2. The normalized spacial score (nSPS) is 16.6. The lowest BCUT2D eigenvalue weighted by atomic mass is 9.89. The number of β-lactam (4-membered cyclic amide) rings is 1. The van der Waals surface area contributed by atoms with Crippen LogP contribution in [0.2, 0.25) is 0 Å². The summed E-state index contributed by atoms with van der Waals surface area (Å²) in [5.74, 6) is -2.35. The Kier molecular flexibility index (Phi) is 10.4. The minimum absolute atomic E-state index is 0.0405. The highest BCUT2D eigenvalue weighted by Crippen LogP contribution is 2.34. The first-order valence-corrected chi connectivity index (χ1v) is 15.3. The van der Waals surface area contributed by atoms with Crippen molar-refractivity contribution in [1.29, 1.82) is 0 Å². The number of carboxylic acid groups (broad SMARTS) is 1. The summed E-state index contributed by atoms with van der Waals surface area (Å²) in [6.45, 7) is 11.7. The van der Waals surface area contributed by atoms with Crippen LogP contribution in [-0.2, 0) is 20.7 Å². The van der Waals surface area contributed by atoms with Gasteiger partial charge in [-0.25, -0.2) is 29.1 Å². The zero-order chi connectivity index (χ0) is 35.4. The van der Waals surface area contributed by atoms with Crippen molar-refractivity contribution >= 4 is 35.9 Å². The number of aromatic carboxylic acids is 1. The number of anilines is 1. The fraction of sp³-hybridized carbons (Fsp3) is 0.371. The summed E-state index contributed by atoms with van der Waals surface area (Å²) < 4.78 is 17.0. The summed E-state index contributed by atoms with van der Waals surface area (Å²) in [4.78, 5) is 70.5. The number of nitrogens with one attached hydrogen (secondary N) is 1. The Labute approximate surface area is 278 Å². The van der Waals surface area contributed by atoms with Gasteiger partial charge in [-0.1, -0.05) is 30.3 Å². The maximum atomic E-state index is 13.6. The number of likely N-dealkylation sites (tertiary alicyclic amines) is 1. The zero-order valence-electron chi connectivity index (χ0n) is 27.9. The van der Waals surface area contributed by atoms with Crippen molar-refractivity contribution in [1.82, 2.24) is 15.2 Å². The van der Waals surface area contributed by atoms with E-state index in [9.17, 15) is 29.1 Å². The number of rotatable bonds is 8. The molecule has 13 nitrogen and oxygen atoms in total. The van der Waals surface area contributed by atoms with Crippen LogP contribution in [-0.4, -0.2) is 62.5 Å². The van der Waals surface area contributed by atoms with Gasteiger partial charge in [0, 0.05) is 6.20 Å². The molecule has 1 saturated heterocycles. The first-order valence-electron chi connectivity index (χ1n) is 15.3. The lowest BCUT2D eigenvalue weighted by Gasteiger charge is -2.45. The summed E-state index contributed by atoms with van der Waals surface area (Å²) in [5, 5.41) is 12.1. The molecule has 48 heavy (non-hydrogen) atoms. The molecule has 0 aliphatic carbocycles. The Hall–Kier alpha value is -5.46. The number of urea groups is 1. The van der Waals surface area contributed by atoms with Crippen molar-refractivity contribution in [3.63, 3.8) is 0 Å². The number of pyridine rings is 1. The van der Waals surface area contributed by atoms with E-state index < -0.39 is 59.5 Å². The molecule has 2 N–H and O–H groups in total. The Morgan fingerprint density at radius 3 is 2.04 bits per heavy atom. The molecule has 1 fully saturated rings. The first-order chi connectivity index (χ1) is 22.4. The van der Waals surface area contributed by atoms with Crippen LogP contribution >= 0.6 is 0 Å². The van der Waals surface area contributed by atoms with Gasteiger partial charge in [-0.05, 0) is 102 Å². The minimum atomic E-state index is -1.12. The van der Waals surface area contributed by atoms with Gasteiger partial charge in [0.25, 0.3) is 0 Å². The maximum Gasteiger partial charge on any atom is 0.425 e. The molecule has 2 aromatic carbocycles. The monoisotopic (exact) mass is 660 g/mol. The Morgan fingerprint density at radius 2 is 1.50 bits per heavy atom. The standard InChI is InChI=1S/C35H40N4O9/c1-21(23-11-9-8-10-12-23)37-31(43)39-28(40)26(29(39)46-25-15-13-24(14-16-25)30(41)42)19-22-17-18-36-27(20-22)38(32(44)47-34(2,3)4)33(45)48-35(5,6)7/h8-18,20-21,26,29H,19H2,1-7H3,(H,37,43)(H,41,42)/t21-,26?,29-/m1/s1. The van der Waals surface area contributed by atoms with Crippen molar-refractivity contribution in [3.8, 4) is 5.75 Å². The number of nitrogens with zero attached hydrogens (tertiary/aromatic N) is 3. The molecule has 1 aliphatic rings. The van der Waals surface area contributed by atoms with Gasteiger partial charge in [-0.15, -0.1) is 0 Å². The minimum Gasteiger partial charge on any atom is -0.478 e. The Morgan fingerprint density at radius 1 is 0.917 bits per heavy atom. The molecule has 0 spiro atoms. The summed E-state index contributed by atoms with van der Waals surface area (Å²) in [5.41, 5.74) is -0.479. The molecule has 2 heterocycles. The van der Waals surface area contributed by atoms with Gasteiger partial charge >= 0.3 is 24.2 Å². The summed E-state index contributed by atoms with van der Waals surface area (Å²) in [6, 6.07) is 16.8. The molecular weight excluding hydrogens is 620 g/mol. The highest BCUT2D eigenvalue weighted by atomic mass is 16.6. The Balaban J connectivity index is 1.62. The number of imide groups is 2. The first kappa shape index (κ1) is 35.4. The van der Waals surface area contributed by atoms with Gasteiger partial charge in [0.05, 0.1) is 17.5 Å². The molecule has 3 aromatic rings. The van der Waals surface area contributed by atoms with E-state index in [1.165, 1.54) is 36.5 Å². The quantitative estimate of drug-likeness (QED) is 0.261. The van der Waals surface area contributed by atoms with E-state index in [1.54, 1.807) is 54.5 Å². The summed E-state index contributed by atoms with van der Waals surface area (Å²) in [7, 11) is 0. The van der Waals surface area contributed by atoms with Crippen LogP contribution in [0.15, 0.2) is 72.9 Å². The number of amides is 5. The van der Waals surface area contributed by atoms with Gasteiger partial charge in [0.15, 0.2) is 6.23 Å². The molecule has 1 aliphatic heterocycles. The number of hydrogen-bond donors (Lipinski definition) is 2. The van der Waals surface area contributed by atoms with E-state index in [-0.39, 0.29) is 23.6 Å². The summed E-state index contributed by atoms with van der Waals surface area (Å²) >= 11 is 0. The van der Waals surface area contributed by atoms with Crippen molar-refractivity contribution < 1.29 is 43.3 Å². The molecule has 13 heteroatoms. The van der Waals surface area contributed by atoms with Crippen LogP contribution in [0.25, 0.3) is 0 Å². The summed E-state index contributed by atoms with van der Waals surface area (Å²) in [6.07, 6.45) is -1.64. The molecule has 4 rings (SSSR count). The maximum absolute atomic E-state index is 13.6. The molecule has 0 bridgehead atoms. The average molecular weight is 661 g/mol. The van der Waals surface area contributed by atoms with Crippen LogP contribution in [0, 0.1) is 5.92 Å². The molecular formula is C35H40N4O9. The zero-order valence-corrected chi connectivity index (χ0v) is 27.9. The lowest BCUT2D eigenvalue weighted by Crippen LogP contribution is -2.68. The van der Waals surface area contributed by atoms with E-state index in [0.717, 1.165) is 10.5 Å². The lowest BCUT2D eigenvalue weighted by molar-refractivity contribution is -0.166. The third-order valence-corrected chi connectivity index (χ3v) is 7.02. The van der Waals surface area contributed by atoms with Crippen LogP contribution in [0.3, 0.4) is 0 Å². The fourth-order valence-corrected chi connectivity index (χ4v) is 4.80. The van der Waals surface area contributed by atoms with Gasteiger partial charge in [-0.2, -0.15) is 4.90 Å². The number of carbonyl (C=O) groups is 5. The molecule has 254 valence electrons. The van der Waals surface area contributed by atoms with E-state index >= 15 is 0 Å². The molecule has 1 unspecified atom stereocenters. The van der Waals surface area contributed by atoms with Gasteiger partial charge in [0.1, 0.15) is 22.8 Å². The van der Waals surface area contributed by atoms with Crippen molar-refractivity contribution in [2.75, 3.05) is 4.90 Å². The third-order valence-electron chi connectivity index (χ3n) is 7.02. The topological polar surface area (TPSA) is 165 Å². The van der Waals surface area contributed by atoms with Crippen molar-refractivity contribution in [3.05, 3.63) is 89.6 Å². The number of hydrogen-bond acceptors (Lipinski definition) is 9. The van der Waals surface area contributed by atoms with E-state index in [2.05, 4.69) is 10.3 Å². The highest BCUT2D eigenvalue weighted by molar-refractivity contribution is 6.08. The predicted octanol–water partition coefficient (Wildman–Crippen LogP) is 6.33. The van der Waals surface area contributed by atoms with E-state index in [0.29, 0.717) is 10.5 Å². The molecule has 5 amide bonds. The third kappa shape index (κ3) is 8.87. The number of aromatic nitrogens is 1. The van der Waals surface area contributed by atoms with Crippen LogP contribution in [0.5, 0.6) is 5.75 Å². The SMILES string of the molecule is C[C@@H](NC(=O)N1C(=O)C(Cc2ccnc(N(C(=O)OC(C)(C)C)C(=O)OC(C)(C)C)c2)[C@H]1Oc1ccc(C(=O)O)cc1)c1ccccc1. The smallest absolute Gasteiger partial charge is 0.425 e. The van der Waals surface area contributed by atoms with Crippen molar-refractivity contribution in [2.24, 2.45) is 5.92 Å².